The van der Waals surface area contributed by atoms with Gasteiger partial charge in [0.25, 0.3) is 5.91 Å². The monoisotopic (exact) mass is 283 g/mol. The number of nitriles is 1. The van der Waals surface area contributed by atoms with Crippen molar-refractivity contribution >= 4 is 17.2 Å². The highest BCUT2D eigenvalue weighted by Crippen LogP contribution is 2.37. The lowest BCUT2D eigenvalue weighted by Crippen LogP contribution is -2.46. The van der Waals surface area contributed by atoms with Crippen LogP contribution in [-0.4, -0.2) is 25.0 Å². The van der Waals surface area contributed by atoms with E-state index >= 15 is 0 Å². The van der Waals surface area contributed by atoms with E-state index in [0.717, 1.165) is 11.3 Å². The highest BCUT2D eigenvalue weighted by atomic mass is 16.7. The minimum Gasteiger partial charge on any atom is -0.497 e. The van der Waals surface area contributed by atoms with Gasteiger partial charge in [-0.2, -0.15) is 5.26 Å². The molecule has 0 spiro atoms. The Bertz CT molecular complexity index is 698. The Balaban J connectivity index is 2.15. The lowest BCUT2D eigenvalue weighted by atomic mass is 9.82. The molecule has 1 N–H and O–H groups in total. The predicted molar refractivity (Wildman–Crippen MR) is 75.1 cm³/mol. The van der Waals surface area contributed by atoms with Crippen LogP contribution in [0.3, 0.4) is 0 Å². The smallest absolute Gasteiger partial charge is 0.265 e. The zero-order valence-corrected chi connectivity index (χ0v) is 11.6. The molecule has 2 aliphatic heterocycles. The van der Waals surface area contributed by atoms with Gasteiger partial charge in [-0.25, -0.2) is 0 Å². The molecule has 6 heteroatoms. The predicted octanol–water partition coefficient (Wildman–Crippen LogP) is 1.45. The highest BCUT2D eigenvalue weighted by molar-refractivity contribution is 6.12. The average molecular weight is 283 g/mol. The molecule has 0 fully saturated rings. The Morgan fingerprint density at radius 1 is 1.38 bits per heavy atom. The number of amides is 1. The Morgan fingerprint density at radius 2 is 2.10 bits per heavy atom. The number of hydrogen-bond donors (Lipinski definition) is 1. The summed E-state index contributed by atoms with van der Waals surface area (Å²) in [5, 5.41) is 15.9. The number of nitrogens with zero attached hydrogens (tertiary/aromatic N) is 2. The second kappa shape index (κ2) is 4.94. The fourth-order valence-corrected chi connectivity index (χ4v) is 2.63. The van der Waals surface area contributed by atoms with Crippen molar-refractivity contribution < 1.29 is 14.4 Å². The molecule has 2 heterocycles. The van der Waals surface area contributed by atoms with Crippen LogP contribution in [0.15, 0.2) is 35.0 Å². The molecule has 2 aliphatic rings. The third-order valence-corrected chi connectivity index (χ3v) is 3.66. The van der Waals surface area contributed by atoms with E-state index in [9.17, 15) is 10.1 Å². The molecule has 21 heavy (non-hydrogen) atoms. The fraction of sp³-hybridized carbons (Fsp3) is 0.267. The molecule has 1 aromatic carbocycles. The van der Waals surface area contributed by atoms with E-state index in [1.807, 2.05) is 25.1 Å². The summed E-state index contributed by atoms with van der Waals surface area (Å²) in [5.74, 6) is 0.0305. The second-order valence-electron chi connectivity index (χ2n) is 4.84. The van der Waals surface area contributed by atoms with Crippen molar-refractivity contribution in [2.75, 3.05) is 7.11 Å². The Hall–Kier alpha value is -2.81. The summed E-state index contributed by atoms with van der Waals surface area (Å²) >= 11 is 0. The third kappa shape index (κ3) is 2.03. The average Bonchev–Trinajstić information content (AvgIpc) is 2.87. The van der Waals surface area contributed by atoms with Crippen molar-refractivity contribution in [1.29, 1.82) is 5.26 Å². The van der Waals surface area contributed by atoms with Crippen LogP contribution in [0.1, 0.15) is 12.5 Å². The number of ether oxygens (including phenoxy) is 1. The number of carbonyl (C=O) groups excluding carboxylic acids is 1. The number of methoxy groups -OCH3 is 1. The lowest BCUT2D eigenvalue weighted by Gasteiger charge is -2.27. The summed E-state index contributed by atoms with van der Waals surface area (Å²) in [5.41, 5.74) is 2.27. The van der Waals surface area contributed by atoms with Crippen LogP contribution in [0.5, 0.6) is 5.75 Å². The fourth-order valence-electron chi connectivity index (χ4n) is 2.63. The summed E-state index contributed by atoms with van der Waals surface area (Å²) in [7, 11) is 1.58. The van der Waals surface area contributed by atoms with Crippen LogP contribution in [0.25, 0.3) is 5.57 Å². The van der Waals surface area contributed by atoms with E-state index in [1.54, 1.807) is 19.2 Å². The van der Waals surface area contributed by atoms with Gasteiger partial charge in [-0.1, -0.05) is 17.3 Å². The van der Waals surface area contributed by atoms with Crippen molar-refractivity contribution in [2.45, 2.75) is 13.2 Å². The number of rotatable bonds is 2. The Kier molecular flexibility index (Phi) is 3.10. The molecule has 2 atom stereocenters. The van der Waals surface area contributed by atoms with E-state index < -0.39 is 12.1 Å². The number of fused-ring (bicyclic) bond motifs is 1. The van der Waals surface area contributed by atoms with Crippen LogP contribution < -0.4 is 10.1 Å². The number of hydrogen-bond acceptors (Lipinski definition) is 5. The molecule has 3 rings (SSSR count). The molecule has 6 nitrogen and oxygen atoms in total. The van der Waals surface area contributed by atoms with E-state index in [2.05, 4.69) is 10.5 Å². The first-order chi connectivity index (χ1) is 10.2. The minimum atomic E-state index is -0.549. The van der Waals surface area contributed by atoms with Crippen molar-refractivity contribution in [3.63, 3.8) is 0 Å². The Morgan fingerprint density at radius 3 is 2.71 bits per heavy atom. The van der Waals surface area contributed by atoms with Gasteiger partial charge in [0.1, 0.15) is 17.4 Å². The second-order valence-corrected chi connectivity index (χ2v) is 4.84. The molecule has 1 aromatic rings. The van der Waals surface area contributed by atoms with E-state index in [1.165, 1.54) is 0 Å². The number of nitrogens with one attached hydrogen (secondary N) is 1. The van der Waals surface area contributed by atoms with Crippen molar-refractivity contribution in [1.82, 2.24) is 5.32 Å². The molecule has 0 saturated heterocycles. The summed E-state index contributed by atoms with van der Waals surface area (Å²) in [4.78, 5) is 17.3. The van der Waals surface area contributed by atoms with Crippen molar-refractivity contribution in [3.8, 4) is 11.8 Å². The number of benzene rings is 1. The summed E-state index contributed by atoms with van der Waals surface area (Å²) in [6, 6.07) is 9.23. The first-order valence-corrected chi connectivity index (χ1v) is 6.45. The molecule has 1 amide bonds. The van der Waals surface area contributed by atoms with Gasteiger partial charge in [-0.15, -0.1) is 0 Å². The number of carbonyl (C=O) groups is 1. The van der Waals surface area contributed by atoms with Crippen molar-refractivity contribution in [2.24, 2.45) is 11.1 Å². The summed E-state index contributed by atoms with van der Waals surface area (Å²) in [6.45, 7) is 1.82. The normalized spacial score (nSPS) is 23.7. The van der Waals surface area contributed by atoms with Gasteiger partial charge in [0.2, 0.25) is 6.23 Å². The van der Waals surface area contributed by atoms with E-state index in [-0.39, 0.29) is 11.5 Å². The summed E-state index contributed by atoms with van der Waals surface area (Å²) < 4.78 is 5.13. The van der Waals surface area contributed by atoms with Crippen LogP contribution in [0.4, 0.5) is 0 Å². The van der Waals surface area contributed by atoms with Gasteiger partial charge in [-0.3, -0.25) is 4.79 Å². The van der Waals surface area contributed by atoms with Crippen LogP contribution in [0, 0.1) is 17.2 Å². The lowest BCUT2D eigenvalue weighted by molar-refractivity contribution is -0.121. The zero-order chi connectivity index (χ0) is 15.0. The first-order valence-electron chi connectivity index (χ1n) is 6.45. The molecular weight excluding hydrogens is 270 g/mol. The van der Waals surface area contributed by atoms with Gasteiger partial charge >= 0.3 is 0 Å². The molecule has 0 aromatic heterocycles. The number of oxime groups is 1. The largest absolute Gasteiger partial charge is 0.497 e. The molecule has 106 valence electrons. The van der Waals surface area contributed by atoms with Crippen LogP contribution in [0.2, 0.25) is 0 Å². The van der Waals surface area contributed by atoms with Crippen molar-refractivity contribution in [3.05, 3.63) is 35.4 Å². The molecule has 0 bridgehead atoms. The van der Waals surface area contributed by atoms with Gasteiger partial charge in [0.15, 0.2) is 0 Å². The van der Waals surface area contributed by atoms with Gasteiger partial charge in [-0.05, 0) is 30.2 Å². The minimum absolute atomic E-state index is 0.0986. The quantitative estimate of drug-likeness (QED) is 0.890. The van der Waals surface area contributed by atoms with E-state index in [4.69, 9.17) is 9.57 Å². The van der Waals surface area contributed by atoms with Gasteiger partial charge in [0, 0.05) is 0 Å². The maximum absolute atomic E-state index is 12.0. The molecule has 0 aliphatic carbocycles. The van der Waals surface area contributed by atoms with Gasteiger partial charge < -0.3 is 14.9 Å². The molecule has 0 unspecified atom stereocenters. The van der Waals surface area contributed by atoms with E-state index in [0.29, 0.717) is 11.3 Å². The van der Waals surface area contributed by atoms with Crippen LogP contribution >= 0.6 is 0 Å². The SMILES string of the molecule is COc1ccc(C2=C(C#N)C(=O)N[C@H]3ON=C(C)[C@@H]23)cc1. The van der Waals surface area contributed by atoms with Crippen LogP contribution in [-0.2, 0) is 9.63 Å². The third-order valence-electron chi connectivity index (χ3n) is 3.66. The van der Waals surface area contributed by atoms with Gasteiger partial charge in [0.05, 0.1) is 18.7 Å². The summed E-state index contributed by atoms with van der Waals surface area (Å²) in [6.07, 6.45) is -0.549. The Labute approximate surface area is 121 Å². The first kappa shape index (κ1) is 13.2. The standard InChI is InChI=1S/C15H13N3O3/c1-8-12-13(9-3-5-10(20-2)6-4-9)11(7-16)14(19)17-15(12)21-18-8/h3-6,12,15H,1-2H3,(H,17,19)/t12-,15-/m0/s1. The molecule has 0 saturated carbocycles. The molecular formula is C15H13N3O3. The molecule has 0 radical (unpaired) electrons. The maximum atomic E-state index is 12.0. The highest BCUT2D eigenvalue weighted by Gasteiger charge is 2.43. The topological polar surface area (TPSA) is 83.7 Å². The zero-order valence-electron chi connectivity index (χ0n) is 11.6. The maximum Gasteiger partial charge on any atom is 0.265 e.